The molecular formula is C21H23N7O3. The van der Waals surface area contributed by atoms with Gasteiger partial charge >= 0.3 is 0 Å². The van der Waals surface area contributed by atoms with E-state index in [2.05, 4.69) is 32.0 Å². The van der Waals surface area contributed by atoms with E-state index in [1.165, 1.54) is 0 Å². The Morgan fingerprint density at radius 2 is 2.26 bits per heavy atom. The zero-order valence-electron chi connectivity index (χ0n) is 17.2. The number of aliphatic hydroxyl groups excluding tert-OH is 1. The average molecular weight is 421 g/mol. The lowest BCUT2D eigenvalue weighted by Gasteiger charge is -2.27. The van der Waals surface area contributed by atoms with Crippen LogP contribution in [0.4, 0.5) is 17.3 Å². The summed E-state index contributed by atoms with van der Waals surface area (Å²) >= 11 is 0. The molecule has 0 saturated carbocycles. The van der Waals surface area contributed by atoms with Gasteiger partial charge in [-0.05, 0) is 31.5 Å². The number of nitriles is 1. The van der Waals surface area contributed by atoms with Crippen LogP contribution in [0.5, 0.6) is 0 Å². The number of β-amino-alcohol motifs (C(OH)–C–C–N with tert-alkyl or cyclic N) is 1. The van der Waals surface area contributed by atoms with E-state index < -0.39 is 18.1 Å². The molecule has 1 amide bonds. The summed E-state index contributed by atoms with van der Waals surface area (Å²) in [5.41, 5.74) is 3.32. The van der Waals surface area contributed by atoms with Gasteiger partial charge in [0.25, 0.3) is 5.91 Å². The molecule has 4 rings (SSSR count). The summed E-state index contributed by atoms with van der Waals surface area (Å²) in [5.74, 6) is 0.116. The number of benzene rings is 1. The van der Waals surface area contributed by atoms with Gasteiger partial charge in [0.15, 0.2) is 6.10 Å². The third kappa shape index (κ3) is 3.94. The molecule has 0 aliphatic carbocycles. The number of hydrogen-bond donors (Lipinski definition) is 4. The lowest BCUT2D eigenvalue weighted by molar-refractivity contribution is -0.141. The predicted molar refractivity (Wildman–Crippen MR) is 115 cm³/mol. The molecule has 4 N–H and O–H groups in total. The second kappa shape index (κ2) is 8.69. The molecule has 1 fully saturated rings. The Balaban J connectivity index is 1.67. The Kier molecular flexibility index (Phi) is 5.81. The van der Waals surface area contributed by atoms with Crippen molar-refractivity contribution in [2.45, 2.75) is 26.1 Å². The zero-order valence-corrected chi connectivity index (χ0v) is 17.2. The monoisotopic (exact) mass is 421 g/mol. The van der Waals surface area contributed by atoms with Crippen molar-refractivity contribution in [3.63, 3.8) is 0 Å². The number of allylic oxidation sites excluding steroid dienone is 1. The molecular weight excluding hydrogens is 398 g/mol. The molecule has 3 heterocycles. The van der Waals surface area contributed by atoms with Crippen LogP contribution < -0.4 is 20.9 Å². The van der Waals surface area contributed by atoms with Gasteiger partial charge in [0.05, 0.1) is 23.8 Å². The first kappa shape index (κ1) is 20.7. The van der Waals surface area contributed by atoms with Crippen molar-refractivity contribution < 1.29 is 14.6 Å². The van der Waals surface area contributed by atoms with Gasteiger partial charge < -0.3 is 20.1 Å². The number of anilines is 3. The number of carbonyl (C=O) groups is 1. The molecule has 31 heavy (non-hydrogen) atoms. The molecule has 160 valence electrons. The van der Waals surface area contributed by atoms with Crippen molar-refractivity contribution in [1.29, 1.82) is 5.26 Å². The highest BCUT2D eigenvalue weighted by Crippen LogP contribution is 2.38. The van der Waals surface area contributed by atoms with E-state index >= 15 is 0 Å². The van der Waals surface area contributed by atoms with E-state index in [9.17, 15) is 15.2 Å². The number of carbonyl (C=O) groups excluding carboxylic acids is 1. The first-order chi connectivity index (χ1) is 15.0. The van der Waals surface area contributed by atoms with E-state index in [0.29, 0.717) is 29.2 Å². The lowest BCUT2D eigenvalue weighted by Crippen LogP contribution is -2.51. The van der Waals surface area contributed by atoms with E-state index in [1.54, 1.807) is 13.1 Å². The largest absolute Gasteiger partial charge is 0.389 e. The normalized spacial score (nSPS) is 21.7. The zero-order chi connectivity index (χ0) is 22.0. The van der Waals surface area contributed by atoms with Crippen molar-refractivity contribution in [3.8, 4) is 6.07 Å². The average Bonchev–Trinajstić information content (AvgIpc) is 3.15. The second-order valence-electron chi connectivity index (χ2n) is 7.19. The number of aliphatic hydroxyl groups is 1. The number of amides is 1. The summed E-state index contributed by atoms with van der Waals surface area (Å²) in [6.07, 6.45) is -0.451. The van der Waals surface area contributed by atoms with Crippen molar-refractivity contribution in [3.05, 3.63) is 47.5 Å². The van der Waals surface area contributed by atoms with Crippen LogP contribution in [-0.2, 0) is 9.53 Å². The summed E-state index contributed by atoms with van der Waals surface area (Å²) in [6.45, 7) is 4.88. The smallest absolute Gasteiger partial charge is 0.258 e. The molecule has 10 nitrogen and oxygen atoms in total. The summed E-state index contributed by atoms with van der Waals surface area (Å²) in [6, 6.07) is 10.1. The highest BCUT2D eigenvalue weighted by molar-refractivity contribution is 5.94. The van der Waals surface area contributed by atoms with Crippen LogP contribution in [-0.4, -0.2) is 53.0 Å². The SMILES string of the molecule is CCN1/C(=C(\C#N)c2nc(NC(=O)[C@@H]3OCNC[C@H]3O)ncc2C)Nc2ccccc21. The Bertz CT molecular complexity index is 1080. The maximum absolute atomic E-state index is 12.5. The van der Waals surface area contributed by atoms with Crippen LogP contribution in [0, 0.1) is 18.3 Å². The lowest BCUT2D eigenvalue weighted by atomic mass is 10.1. The molecule has 2 aliphatic rings. The number of nitrogens with zero attached hydrogens (tertiary/aromatic N) is 4. The number of aromatic nitrogens is 2. The van der Waals surface area contributed by atoms with Crippen LogP contribution >= 0.6 is 0 Å². The molecule has 0 radical (unpaired) electrons. The number of hydrogen-bond acceptors (Lipinski definition) is 9. The molecule has 1 aromatic heterocycles. The Morgan fingerprint density at radius 3 is 3.00 bits per heavy atom. The Morgan fingerprint density at radius 1 is 1.45 bits per heavy atom. The minimum absolute atomic E-state index is 0.0341. The number of ether oxygens (including phenoxy) is 1. The predicted octanol–water partition coefficient (Wildman–Crippen LogP) is 1.17. The van der Waals surface area contributed by atoms with Gasteiger partial charge in [-0.15, -0.1) is 0 Å². The number of fused-ring (bicyclic) bond motifs is 1. The van der Waals surface area contributed by atoms with E-state index in [4.69, 9.17) is 4.74 Å². The molecule has 2 atom stereocenters. The number of rotatable bonds is 4. The van der Waals surface area contributed by atoms with Crippen LogP contribution in [0.15, 0.2) is 36.3 Å². The topological polar surface area (TPSA) is 135 Å². The standard InChI is InChI=1S/C21H23N7O3/c1-3-28-15-7-5-4-6-14(15)25-19(28)13(8-22)17-12(2)9-24-21(26-17)27-20(30)18-16(29)10-23-11-31-18/h4-7,9,16,18,23,25,29H,3,10-11H2,1-2H3,(H,24,26,27,30)/b19-13+/t16-,18-/m1/s1. The van der Waals surface area contributed by atoms with Gasteiger partial charge in [-0.25, -0.2) is 9.97 Å². The number of aryl methyl sites for hydroxylation is 1. The van der Waals surface area contributed by atoms with Gasteiger partial charge in [0.2, 0.25) is 5.95 Å². The summed E-state index contributed by atoms with van der Waals surface area (Å²) in [5, 5.41) is 28.7. The number of para-hydroxylation sites is 2. The van der Waals surface area contributed by atoms with Gasteiger partial charge in [-0.1, -0.05) is 12.1 Å². The number of nitrogens with one attached hydrogen (secondary N) is 3. The van der Waals surface area contributed by atoms with Crippen LogP contribution in [0.3, 0.4) is 0 Å². The van der Waals surface area contributed by atoms with Crippen LogP contribution in [0.25, 0.3) is 5.57 Å². The Labute approximate surface area is 179 Å². The maximum Gasteiger partial charge on any atom is 0.258 e. The first-order valence-corrected chi connectivity index (χ1v) is 9.96. The molecule has 2 aromatic rings. The second-order valence-corrected chi connectivity index (χ2v) is 7.19. The van der Waals surface area contributed by atoms with Crippen molar-refractivity contribution in [2.75, 3.05) is 35.4 Å². The highest BCUT2D eigenvalue weighted by atomic mass is 16.5. The highest BCUT2D eigenvalue weighted by Gasteiger charge is 2.31. The van der Waals surface area contributed by atoms with Crippen molar-refractivity contribution in [2.24, 2.45) is 0 Å². The molecule has 1 aromatic carbocycles. The molecule has 0 unspecified atom stereocenters. The van der Waals surface area contributed by atoms with Crippen LogP contribution in [0.2, 0.25) is 0 Å². The summed E-state index contributed by atoms with van der Waals surface area (Å²) < 4.78 is 5.29. The van der Waals surface area contributed by atoms with Gasteiger partial charge in [-0.2, -0.15) is 5.26 Å². The molecule has 10 heteroatoms. The quantitative estimate of drug-likeness (QED) is 0.537. The minimum atomic E-state index is -1.02. The van der Waals surface area contributed by atoms with Gasteiger partial charge in [-0.3, -0.25) is 15.4 Å². The van der Waals surface area contributed by atoms with Crippen molar-refractivity contribution >= 4 is 28.8 Å². The van der Waals surface area contributed by atoms with E-state index in [1.807, 2.05) is 36.1 Å². The van der Waals surface area contributed by atoms with Crippen molar-refractivity contribution in [1.82, 2.24) is 15.3 Å². The third-order valence-corrected chi connectivity index (χ3v) is 5.15. The van der Waals surface area contributed by atoms with E-state index in [-0.39, 0.29) is 19.2 Å². The molecule has 2 aliphatic heterocycles. The summed E-state index contributed by atoms with van der Waals surface area (Å²) in [7, 11) is 0. The first-order valence-electron chi connectivity index (χ1n) is 9.96. The third-order valence-electron chi connectivity index (χ3n) is 5.15. The maximum atomic E-state index is 12.5. The molecule has 1 saturated heterocycles. The fourth-order valence-corrected chi connectivity index (χ4v) is 3.63. The fraction of sp³-hybridized carbons (Fsp3) is 0.333. The van der Waals surface area contributed by atoms with E-state index in [0.717, 1.165) is 11.4 Å². The molecule has 0 bridgehead atoms. The fourth-order valence-electron chi connectivity index (χ4n) is 3.63. The summed E-state index contributed by atoms with van der Waals surface area (Å²) in [4.78, 5) is 23.1. The molecule has 0 spiro atoms. The van der Waals surface area contributed by atoms with Gasteiger partial charge in [0, 0.05) is 19.3 Å². The Hall–Kier alpha value is -3.52. The minimum Gasteiger partial charge on any atom is -0.389 e. The van der Waals surface area contributed by atoms with Crippen LogP contribution in [0.1, 0.15) is 18.2 Å². The van der Waals surface area contributed by atoms with Gasteiger partial charge in [0.1, 0.15) is 23.6 Å².